The van der Waals surface area contributed by atoms with Crippen molar-refractivity contribution < 1.29 is 4.79 Å². The largest absolute Gasteiger partial charge is 0.338 e. The Balaban J connectivity index is 2.68. The number of carbonyl (C=O) groups is 1. The van der Waals surface area contributed by atoms with Crippen LogP contribution in [0.2, 0.25) is 0 Å². The van der Waals surface area contributed by atoms with Crippen LogP contribution in [-0.4, -0.2) is 29.3 Å². The molecule has 88 valence electrons. The third kappa shape index (κ3) is 3.37. The summed E-state index contributed by atoms with van der Waals surface area (Å²) in [5, 5.41) is 0. The maximum Gasteiger partial charge on any atom is 0.228 e. The molecule has 0 atom stereocenters. The number of hydrogen-bond donors (Lipinski definition) is 0. The minimum atomic E-state index is -0.283. The van der Waals surface area contributed by atoms with Crippen molar-refractivity contribution in [2.75, 3.05) is 12.4 Å². The number of carbonyl (C=O) groups excluding carboxylic acids is 1. The average Bonchev–Trinajstić information content (AvgIpc) is 2.64. The lowest BCUT2D eigenvalue weighted by Gasteiger charge is -2.33. The van der Waals surface area contributed by atoms with E-state index in [0.29, 0.717) is 18.5 Å². The van der Waals surface area contributed by atoms with Crippen molar-refractivity contribution >= 4 is 17.5 Å². The molecule has 0 N–H and O–H groups in total. The lowest BCUT2D eigenvalue weighted by atomic mass is 9.93. The molecule has 0 saturated heterocycles. The van der Waals surface area contributed by atoms with Crippen LogP contribution >= 0.6 is 11.6 Å². The van der Waals surface area contributed by atoms with Gasteiger partial charge in [-0.1, -0.05) is 33.6 Å². The van der Waals surface area contributed by atoms with Crippen LogP contribution in [0.1, 0.15) is 46.5 Å². The van der Waals surface area contributed by atoms with Crippen LogP contribution in [0.15, 0.2) is 0 Å². The van der Waals surface area contributed by atoms with Crippen LogP contribution in [0.4, 0.5) is 0 Å². The van der Waals surface area contributed by atoms with Crippen LogP contribution < -0.4 is 0 Å². The Morgan fingerprint density at radius 1 is 1.33 bits per heavy atom. The van der Waals surface area contributed by atoms with E-state index in [0.717, 1.165) is 12.8 Å². The molecule has 15 heavy (non-hydrogen) atoms. The first kappa shape index (κ1) is 12.8. The van der Waals surface area contributed by atoms with Crippen molar-refractivity contribution in [2.24, 2.45) is 5.41 Å². The summed E-state index contributed by atoms with van der Waals surface area (Å²) in [4.78, 5) is 14.2. The molecule has 0 aromatic carbocycles. The maximum atomic E-state index is 12.2. The minimum Gasteiger partial charge on any atom is -0.338 e. The molecule has 2 nitrogen and oxygen atoms in total. The third-order valence-electron chi connectivity index (χ3n) is 2.99. The molecule has 0 aliphatic heterocycles. The summed E-state index contributed by atoms with van der Waals surface area (Å²) in [7, 11) is 0. The van der Waals surface area contributed by atoms with Crippen molar-refractivity contribution in [3.63, 3.8) is 0 Å². The molecule has 0 radical (unpaired) electrons. The van der Waals surface area contributed by atoms with Gasteiger partial charge in [0.1, 0.15) is 0 Å². The Kier molecular flexibility index (Phi) is 4.45. The summed E-state index contributed by atoms with van der Waals surface area (Å²) >= 11 is 5.77. The van der Waals surface area contributed by atoms with Gasteiger partial charge in [-0.25, -0.2) is 0 Å². The molecule has 1 aliphatic carbocycles. The van der Waals surface area contributed by atoms with Gasteiger partial charge in [0.25, 0.3) is 0 Å². The molecule has 1 saturated carbocycles. The smallest absolute Gasteiger partial charge is 0.228 e. The summed E-state index contributed by atoms with van der Waals surface area (Å²) in [6.07, 6.45) is 4.80. The third-order valence-corrected chi connectivity index (χ3v) is 3.16. The lowest BCUT2D eigenvalue weighted by molar-refractivity contribution is -0.141. The van der Waals surface area contributed by atoms with Crippen LogP contribution in [0.5, 0.6) is 0 Å². The van der Waals surface area contributed by atoms with Gasteiger partial charge in [-0.15, -0.1) is 11.6 Å². The molecule has 3 heteroatoms. The van der Waals surface area contributed by atoms with Gasteiger partial charge in [0, 0.05) is 23.9 Å². The predicted octanol–water partition coefficient (Wildman–Crippen LogP) is 3.04. The van der Waals surface area contributed by atoms with E-state index >= 15 is 0 Å². The first-order chi connectivity index (χ1) is 6.96. The zero-order valence-corrected chi connectivity index (χ0v) is 10.8. The van der Waals surface area contributed by atoms with Gasteiger partial charge in [-0.2, -0.15) is 0 Å². The maximum absolute atomic E-state index is 12.2. The summed E-state index contributed by atoms with van der Waals surface area (Å²) in [5.41, 5.74) is -0.283. The van der Waals surface area contributed by atoms with Gasteiger partial charge in [0.05, 0.1) is 0 Å². The zero-order valence-electron chi connectivity index (χ0n) is 10.1. The van der Waals surface area contributed by atoms with Crippen LogP contribution in [0.25, 0.3) is 0 Å². The highest BCUT2D eigenvalue weighted by atomic mass is 35.5. The second-order valence-electron chi connectivity index (χ2n) is 5.38. The molecule has 1 rings (SSSR count). The number of halogens is 1. The van der Waals surface area contributed by atoms with Crippen molar-refractivity contribution in [3.05, 3.63) is 0 Å². The molecule has 1 amide bonds. The lowest BCUT2D eigenvalue weighted by Crippen LogP contribution is -2.45. The highest BCUT2D eigenvalue weighted by Crippen LogP contribution is 2.27. The predicted molar refractivity (Wildman–Crippen MR) is 64.1 cm³/mol. The van der Waals surface area contributed by atoms with E-state index in [1.165, 1.54) is 12.8 Å². The fraction of sp³-hybridized carbons (Fsp3) is 0.917. The number of nitrogens with zero attached hydrogens (tertiary/aromatic N) is 1. The van der Waals surface area contributed by atoms with Gasteiger partial charge in [0.15, 0.2) is 0 Å². The van der Waals surface area contributed by atoms with E-state index in [1.54, 1.807) is 0 Å². The van der Waals surface area contributed by atoms with Crippen LogP contribution in [0, 0.1) is 5.41 Å². The van der Waals surface area contributed by atoms with Crippen molar-refractivity contribution in [1.29, 1.82) is 0 Å². The summed E-state index contributed by atoms with van der Waals surface area (Å²) < 4.78 is 0. The summed E-state index contributed by atoms with van der Waals surface area (Å²) in [5.74, 6) is 0.785. The van der Waals surface area contributed by atoms with E-state index in [1.807, 2.05) is 25.7 Å². The zero-order chi connectivity index (χ0) is 11.5. The summed E-state index contributed by atoms with van der Waals surface area (Å²) in [6.45, 7) is 6.63. The molecule has 0 heterocycles. The van der Waals surface area contributed by atoms with E-state index in [4.69, 9.17) is 11.6 Å². The topological polar surface area (TPSA) is 20.3 Å². The summed E-state index contributed by atoms with van der Waals surface area (Å²) in [6, 6.07) is 0.440. The second-order valence-corrected chi connectivity index (χ2v) is 5.75. The molecular weight excluding hydrogens is 210 g/mol. The van der Waals surface area contributed by atoms with Gasteiger partial charge in [-0.05, 0) is 12.8 Å². The van der Waals surface area contributed by atoms with Crippen LogP contribution in [0.3, 0.4) is 0 Å². The fourth-order valence-corrected chi connectivity index (χ4v) is 2.37. The normalized spacial score (nSPS) is 18.1. The van der Waals surface area contributed by atoms with Crippen LogP contribution in [-0.2, 0) is 4.79 Å². The fourth-order valence-electron chi connectivity index (χ4n) is 2.19. The van der Waals surface area contributed by atoms with Crippen molar-refractivity contribution in [3.8, 4) is 0 Å². The van der Waals surface area contributed by atoms with E-state index in [-0.39, 0.29) is 11.3 Å². The van der Waals surface area contributed by atoms with Gasteiger partial charge < -0.3 is 4.90 Å². The minimum absolute atomic E-state index is 0.245. The Bertz CT molecular complexity index is 216. The van der Waals surface area contributed by atoms with Gasteiger partial charge >= 0.3 is 0 Å². The standard InChI is InChI=1S/C12H22ClNO/c1-12(2,3)11(15)14(9-8-13)10-6-4-5-7-10/h10H,4-9H2,1-3H3. The SMILES string of the molecule is CC(C)(C)C(=O)N(CCCl)C1CCCC1. The number of amides is 1. The number of rotatable bonds is 3. The molecule has 1 aliphatic rings. The first-order valence-electron chi connectivity index (χ1n) is 5.84. The molecule has 1 fully saturated rings. The van der Waals surface area contributed by atoms with Gasteiger partial charge in [0.2, 0.25) is 5.91 Å². The monoisotopic (exact) mass is 231 g/mol. The molecular formula is C12H22ClNO. The van der Waals surface area contributed by atoms with E-state index < -0.39 is 0 Å². The quantitative estimate of drug-likeness (QED) is 0.684. The second kappa shape index (κ2) is 5.20. The Morgan fingerprint density at radius 2 is 1.87 bits per heavy atom. The van der Waals surface area contributed by atoms with E-state index in [2.05, 4.69) is 0 Å². The highest BCUT2D eigenvalue weighted by Gasteiger charge is 2.32. The molecule has 0 aromatic heterocycles. The Hall–Kier alpha value is -0.240. The molecule has 0 unspecified atom stereocenters. The van der Waals surface area contributed by atoms with Crippen molar-refractivity contribution in [1.82, 2.24) is 4.90 Å². The molecule has 0 aromatic rings. The van der Waals surface area contributed by atoms with E-state index in [9.17, 15) is 4.79 Å². The van der Waals surface area contributed by atoms with Gasteiger partial charge in [-0.3, -0.25) is 4.79 Å². The number of alkyl halides is 1. The molecule has 0 spiro atoms. The average molecular weight is 232 g/mol. The van der Waals surface area contributed by atoms with Crippen molar-refractivity contribution in [2.45, 2.75) is 52.5 Å². The first-order valence-corrected chi connectivity index (χ1v) is 6.37. The Labute approximate surface area is 98.0 Å². The Morgan fingerprint density at radius 3 is 2.27 bits per heavy atom. The highest BCUT2D eigenvalue weighted by molar-refractivity contribution is 6.18. The number of hydrogen-bond acceptors (Lipinski definition) is 1. The molecule has 0 bridgehead atoms.